The van der Waals surface area contributed by atoms with Gasteiger partial charge in [0.05, 0.1) is 10.9 Å². The van der Waals surface area contributed by atoms with Crippen molar-refractivity contribution < 1.29 is 4.39 Å². The van der Waals surface area contributed by atoms with Crippen molar-refractivity contribution in [1.82, 2.24) is 29.2 Å². The van der Waals surface area contributed by atoms with Gasteiger partial charge in [0.1, 0.15) is 5.82 Å². The molecule has 3 heterocycles. The molecule has 0 radical (unpaired) electrons. The predicted molar refractivity (Wildman–Crippen MR) is 140 cm³/mol. The average molecular weight is 490 g/mol. The van der Waals surface area contributed by atoms with E-state index >= 15 is 0 Å². The number of likely N-dealkylation sites (N-methyl/N-ethyl adjacent to an activating group) is 1. The summed E-state index contributed by atoms with van der Waals surface area (Å²) in [6.07, 6.45) is 5.18. The van der Waals surface area contributed by atoms with Gasteiger partial charge in [0.15, 0.2) is 17.3 Å². The van der Waals surface area contributed by atoms with Gasteiger partial charge in [0, 0.05) is 42.3 Å². The van der Waals surface area contributed by atoms with Crippen LogP contribution in [0.25, 0.3) is 16.7 Å². The molecule has 9 heteroatoms. The third-order valence-electron chi connectivity index (χ3n) is 6.76. The van der Waals surface area contributed by atoms with Gasteiger partial charge in [-0.05, 0) is 77.9 Å². The molecule has 0 spiro atoms. The molecule has 1 aliphatic carbocycles. The van der Waals surface area contributed by atoms with Crippen molar-refractivity contribution in [3.63, 3.8) is 0 Å². The van der Waals surface area contributed by atoms with Crippen LogP contribution in [0.1, 0.15) is 50.7 Å². The molecule has 1 N–H and O–H groups in total. The van der Waals surface area contributed by atoms with Crippen LogP contribution >= 0.6 is 0 Å². The molecule has 1 atom stereocenters. The first-order valence-corrected chi connectivity index (χ1v) is 12.2. The minimum atomic E-state index is -1.71. The number of fused-ring (bicyclic) bond motifs is 2. The number of nitrogens with zero attached hydrogens (tertiary/aromatic N) is 6. The molecular formula is C27H32FN7O. The lowest BCUT2D eigenvalue weighted by Crippen LogP contribution is -2.27. The minimum Gasteiger partial charge on any atom is -0.340 e. The van der Waals surface area contributed by atoms with E-state index in [2.05, 4.69) is 57.5 Å². The molecule has 188 valence electrons. The number of hydrogen-bond donors (Lipinski definition) is 1. The molecule has 36 heavy (non-hydrogen) atoms. The normalized spacial score (nSPS) is 15.8. The second kappa shape index (κ2) is 8.81. The number of aromatic nitrogens is 5. The number of benzene rings is 1. The molecule has 0 fully saturated rings. The molecule has 3 aromatic heterocycles. The molecule has 0 saturated carbocycles. The first-order valence-electron chi connectivity index (χ1n) is 12.2. The first-order chi connectivity index (χ1) is 17.0. The SMILES string of the molecule is CC(C)n1c(=O)c2cnc(Nc3ccc4c(c3)CC(N(C)C)C4)cc2n1-c1ccnc(C(C)(C)F)n1. The third-order valence-corrected chi connectivity index (χ3v) is 6.76. The number of pyridine rings is 1. The van der Waals surface area contributed by atoms with Crippen molar-refractivity contribution in [2.45, 2.75) is 58.3 Å². The van der Waals surface area contributed by atoms with Gasteiger partial charge in [-0.25, -0.2) is 28.7 Å². The summed E-state index contributed by atoms with van der Waals surface area (Å²) in [7, 11) is 4.24. The summed E-state index contributed by atoms with van der Waals surface area (Å²) < 4.78 is 18.0. The van der Waals surface area contributed by atoms with Crippen molar-refractivity contribution in [2.24, 2.45) is 0 Å². The maximum atomic E-state index is 14.6. The first kappa shape index (κ1) is 24.1. The Morgan fingerprint density at radius 3 is 2.56 bits per heavy atom. The largest absolute Gasteiger partial charge is 0.340 e. The van der Waals surface area contributed by atoms with Crippen molar-refractivity contribution in [3.8, 4) is 5.82 Å². The van der Waals surface area contributed by atoms with Gasteiger partial charge < -0.3 is 10.2 Å². The molecule has 0 saturated heterocycles. The maximum absolute atomic E-state index is 14.6. The van der Waals surface area contributed by atoms with Crippen LogP contribution in [0, 0.1) is 0 Å². The van der Waals surface area contributed by atoms with E-state index in [0.717, 1.165) is 18.5 Å². The van der Waals surface area contributed by atoms with E-state index in [9.17, 15) is 9.18 Å². The fourth-order valence-corrected chi connectivity index (χ4v) is 4.82. The number of nitrogens with one attached hydrogen (secondary N) is 1. The molecule has 0 aliphatic heterocycles. The summed E-state index contributed by atoms with van der Waals surface area (Å²) in [4.78, 5) is 28.7. The Kier molecular flexibility index (Phi) is 5.90. The number of halogens is 1. The average Bonchev–Trinajstić information content (AvgIpc) is 3.37. The van der Waals surface area contributed by atoms with E-state index in [-0.39, 0.29) is 17.4 Å². The highest BCUT2D eigenvalue weighted by molar-refractivity contribution is 5.82. The Labute approximate surface area is 209 Å². The standard InChI is InChI=1S/C27H32FN7O/c1-16(2)34-25(36)21-15-30-23(31-19-8-7-17-12-20(33(5)6)13-18(17)11-19)14-22(21)35(34)24-9-10-29-26(32-24)27(3,4)28/h7-11,14-16,20H,12-13H2,1-6H3,(H,30,31). The maximum Gasteiger partial charge on any atom is 0.276 e. The highest BCUT2D eigenvalue weighted by Crippen LogP contribution is 2.29. The van der Waals surface area contributed by atoms with Crippen LogP contribution in [0.15, 0.2) is 47.5 Å². The zero-order valence-corrected chi connectivity index (χ0v) is 21.6. The predicted octanol–water partition coefficient (Wildman–Crippen LogP) is 4.54. The van der Waals surface area contributed by atoms with Crippen LogP contribution in [0.3, 0.4) is 0 Å². The summed E-state index contributed by atoms with van der Waals surface area (Å²) in [5.41, 5.74) is 2.41. The quantitative estimate of drug-likeness (QED) is 0.429. The fraction of sp³-hybridized carbons (Fsp3) is 0.407. The topological polar surface area (TPSA) is 80.9 Å². The van der Waals surface area contributed by atoms with E-state index in [1.807, 2.05) is 19.9 Å². The van der Waals surface area contributed by atoms with Crippen molar-refractivity contribution in [3.05, 3.63) is 70.0 Å². The fourth-order valence-electron chi connectivity index (χ4n) is 4.82. The zero-order valence-electron chi connectivity index (χ0n) is 21.6. The van der Waals surface area contributed by atoms with Crippen molar-refractivity contribution in [2.75, 3.05) is 19.4 Å². The van der Waals surface area contributed by atoms with Crippen molar-refractivity contribution in [1.29, 1.82) is 0 Å². The number of hydrogen-bond acceptors (Lipinski definition) is 6. The van der Waals surface area contributed by atoms with E-state index < -0.39 is 5.67 Å². The van der Waals surface area contributed by atoms with Gasteiger partial charge in [-0.15, -0.1) is 0 Å². The van der Waals surface area contributed by atoms with Gasteiger partial charge in [-0.2, -0.15) is 0 Å². The van der Waals surface area contributed by atoms with Gasteiger partial charge in [-0.3, -0.25) is 4.79 Å². The van der Waals surface area contributed by atoms with E-state index in [1.54, 1.807) is 21.6 Å². The van der Waals surface area contributed by atoms with Crippen LogP contribution in [0.2, 0.25) is 0 Å². The molecule has 0 bridgehead atoms. The number of alkyl halides is 1. The second-order valence-electron chi connectivity index (χ2n) is 10.5. The second-order valence-corrected chi connectivity index (χ2v) is 10.5. The minimum absolute atomic E-state index is 0.0613. The molecule has 1 aromatic carbocycles. The van der Waals surface area contributed by atoms with E-state index in [1.165, 1.54) is 31.2 Å². The van der Waals surface area contributed by atoms with E-state index in [4.69, 9.17) is 0 Å². The summed E-state index contributed by atoms with van der Waals surface area (Å²) in [6.45, 7) is 6.68. The van der Waals surface area contributed by atoms with Gasteiger partial charge in [0.25, 0.3) is 5.56 Å². The number of rotatable bonds is 6. The summed E-state index contributed by atoms with van der Waals surface area (Å²) >= 11 is 0. The lowest BCUT2D eigenvalue weighted by atomic mass is 10.1. The highest BCUT2D eigenvalue weighted by atomic mass is 19.1. The molecule has 5 rings (SSSR count). The van der Waals surface area contributed by atoms with Crippen LogP contribution < -0.4 is 10.9 Å². The lowest BCUT2D eigenvalue weighted by molar-refractivity contribution is 0.206. The Balaban J connectivity index is 1.58. The number of anilines is 2. The van der Waals surface area contributed by atoms with E-state index in [0.29, 0.717) is 28.6 Å². The Morgan fingerprint density at radius 2 is 1.86 bits per heavy atom. The third kappa shape index (κ3) is 4.28. The summed E-state index contributed by atoms with van der Waals surface area (Å²) in [5.74, 6) is 1.10. The van der Waals surface area contributed by atoms with Crippen molar-refractivity contribution >= 4 is 22.4 Å². The molecule has 1 aliphatic rings. The molecule has 8 nitrogen and oxygen atoms in total. The lowest BCUT2D eigenvalue weighted by Gasteiger charge is -2.18. The smallest absolute Gasteiger partial charge is 0.276 e. The molecular weight excluding hydrogens is 457 g/mol. The van der Waals surface area contributed by atoms with Crippen LogP contribution in [0.4, 0.5) is 15.9 Å². The van der Waals surface area contributed by atoms with Crippen LogP contribution in [-0.4, -0.2) is 49.4 Å². The molecule has 4 aromatic rings. The monoisotopic (exact) mass is 489 g/mol. The van der Waals surface area contributed by atoms with Crippen LogP contribution in [-0.2, 0) is 18.5 Å². The summed E-state index contributed by atoms with van der Waals surface area (Å²) in [6, 6.07) is 10.3. The summed E-state index contributed by atoms with van der Waals surface area (Å²) in [5, 5.41) is 3.87. The Bertz CT molecular complexity index is 1500. The molecule has 1 unspecified atom stereocenters. The van der Waals surface area contributed by atoms with Gasteiger partial charge in [0.2, 0.25) is 0 Å². The Morgan fingerprint density at radius 1 is 1.11 bits per heavy atom. The van der Waals surface area contributed by atoms with Gasteiger partial charge >= 0.3 is 0 Å². The van der Waals surface area contributed by atoms with Gasteiger partial charge in [-0.1, -0.05) is 6.07 Å². The Hall–Kier alpha value is -3.59. The molecule has 0 amide bonds. The highest BCUT2D eigenvalue weighted by Gasteiger charge is 2.25. The zero-order chi connectivity index (χ0) is 25.8. The van der Waals surface area contributed by atoms with Crippen LogP contribution in [0.5, 0.6) is 0 Å².